The number of aryl methyl sites for hydroxylation is 4. The first-order valence-electron chi connectivity index (χ1n) is 13.4. The molecule has 0 bridgehead atoms. The maximum absolute atomic E-state index is 15.3. The highest BCUT2D eigenvalue weighted by Gasteiger charge is 2.29. The topological polar surface area (TPSA) is 74.1 Å². The van der Waals surface area contributed by atoms with Crippen LogP contribution in [0.4, 0.5) is 27.7 Å². The fraction of sp³-hybridized carbons (Fsp3) is 0.536. The Hall–Kier alpha value is -3.04. The van der Waals surface area contributed by atoms with Crippen LogP contribution in [0.3, 0.4) is 0 Å². The molecule has 3 heterocycles. The van der Waals surface area contributed by atoms with Gasteiger partial charge in [0.1, 0.15) is 17.5 Å². The SMILES string of the molecule is Cc1cc(Nc2nc(Nc3cc(C)c(C4CCC(N5CCN(C)CC5)CC4)cc3F)ncc2C)n(C)n1. The molecule has 0 unspecified atom stereocenters. The molecule has 0 radical (unpaired) electrons. The van der Waals surface area contributed by atoms with Gasteiger partial charge in [-0.25, -0.2) is 9.37 Å². The highest BCUT2D eigenvalue weighted by molar-refractivity contribution is 5.61. The van der Waals surface area contributed by atoms with Crippen LogP contribution in [-0.4, -0.2) is 68.8 Å². The Morgan fingerprint density at radius 2 is 1.62 bits per heavy atom. The van der Waals surface area contributed by atoms with E-state index >= 15 is 4.39 Å². The molecule has 1 aliphatic carbocycles. The number of hydrogen-bond acceptors (Lipinski definition) is 7. The Labute approximate surface area is 219 Å². The van der Waals surface area contributed by atoms with Gasteiger partial charge in [-0.15, -0.1) is 0 Å². The summed E-state index contributed by atoms with van der Waals surface area (Å²) < 4.78 is 17.1. The van der Waals surface area contributed by atoms with E-state index in [9.17, 15) is 0 Å². The van der Waals surface area contributed by atoms with Crippen molar-refractivity contribution in [1.29, 1.82) is 0 Å². The predicted molar refractivity (Wildman–Crippen MR) is 146 cm³/mol. The van der Waals surface area contributed by atoms with Gasteiger partial charge < -0.3 is 15.5 Å². The number of piperazine rings is 1. The molecule has 8 nitrogen and oxygen atoms in total. The van der Waals surface area contributed by atoms with E-state index in [-0.39, 0.29) is 5.82 Å². The first-order valence-corrected chi connectivity index (χ1v) is 13.4. The predicted octanol–water partition coefficient (Wildman–Crippen LogP) is 5.04. The number of anilines is 4. The lowest BCUT2D eigenvalue weighted by molar-refractivity contribution is 0.0878. The van der Waals surface area contributed by atoms with E-state index in [1.165, 1.54) is 25.9 Å². The summed E-state index contributed by atoms with van der Waals surface area (Å²) in [7, 11) is 4.08. The number of nitrogens with one attached hydrogen (secondary N) is 2. The Kier molecular flexibility index (Phi) is 7.44. The monoisotopic (exact) mass is 506 g/mol. The average molecular weight is 507 g/mol. The van der Waals surface area contributed by atoms with Crippen LogP contribution in [0.5, 0.6) is 0 Å². The highest BCUT2D eigenvalue weighted by atomic mass is 19.1. The molecule has 1 saturated heterocycles. The summed E-state index contributed by atoms with van der Waals surface area (Å²) in [6.45, 7) is 10.6. The number of hydrogen-bond donors (Lipinski definition) is 2. The first-order chi connectivity index (χ1) is 17.8. The minimum Gasteiger partial charge on any atom is -0.325 e. The van der Waals surface area contributed by atoms with Crippen LogP contribution in [-0.2, 0) is 7.05 Å². The van der Waals surface area contributed by atoms with Crippen molar-refractivity contribution < 1.29 is 4.39 Å². The number of nitrogens with zero attached hydrogens (tertiary/aromatic N) is 6. The minimum atomic E-state index is -0.261. The molecule has 2 N–H and O–H groups in total. The standard InChI is InChI=1S/C28H39FN8/c1-18-14-25(31-28-30-17-19(2)27(33-28)32-26-15-20(3)34-36(26)5)24(29)16-23(18)21-6-8-22(9-7-21)37-12-10-35(4)11-13-37/h14-17,21-22H,6-13H2,1-5H3,(H2,30,31,32,33). The van der Waals surface area contributed by atoms with E-state index < -0.39 is 0 Å². The van der Waals surface area contributed by atoms with Crippen molar-refractivity contribution in [2.45, 2.75) is 58.4 Å². The van der Waals surface area contributed by atoms with Crippen LogP contribution in [0.2, 0.25) is 0 Å². The molecule has 0 spiro atoms. The molecule has 0 amide bonds. The average Bonchev–Trinajstić information content (AvgIpc) is 3.20. The quantitative estimate of drug-likeness (QED) is 0.485. The van der Waals surface area contributed by atoms with Gasteiger partial charge in [0.15, 0.2) is 0 Å². The zero-order valence-electron chi connectivity index (χ0n) is 22.7. The van der Waals surface area contributed by atoms with E-state index in [0.29, 0.717) is 29.4 Å². The smallest absolute Gasteiger partial charge is 0.229 e. The summed E-state index contributed by atoms with van der Waals surface area (Å²) in [4.78, 5) is 14.1. The molecule has 198 valence electrons. The minimum absolute atomic E-state index is 0.261. The fourth-order valence-corrected chi connectivity index (χ4v) is 5.77. The van der Waals surface area contributed by atoms with Crippen LogP contribution < -0.4 is 10.6 Å². The molecule has 1 aromatic carbocycles. The molecule has 9 heteroatoms. The van der Waals surface area contributed by atoms with Gasteiger partial charge in [-0.05, 0) is 82.7 Å². The lowest BCUT2D eigenvalue weighted by atomic mass is 9.79. The van der Waals surface area contributed by atoms with Gasteiger partial charge in [-0.1, -0.05) is 0 Å². The largest absolute Gasteiger partial charge is 0.325 e. The van der Waals surface area contributed by atoms with Crippen LogP contribution in [0, 0.1) is 26.6 Å². The zero-order chi connectivity index (χ0) is 26.1. The summed E-state index contributed by atoms with van der Waals surface area (Å²) >= 11 is 0. The fourth-order valence-electron chi connectivity index (χ4n) is 5.77. The molecule has 1 saturated carbocycles. The van der Waals surface area contributed by atoms with Crippen LogP contribution >= 0.6 is 0 Å². The Morgan fingerprint density at radius 3 is 2.30 bits per heavy atom. The van der Waals surface area contributed by atoms with E-state index in [0.717, 1.165) is 54.1 Å². The summed E-state index contributed by atoms with van der Waals surface area (Å²) in [5.74, 6) is 2.00. The van der Waals surface area contributed by atoms with Crippen molar-refractivity contribution >= 4 is 23.3 Å². The zero-order valence-corrected chi connectivity index (χ0v) is 22.7. The van der Waals surface area contributed by atoms with Gasteiger partial charge in [0, 0.05) is 57.1 Å². The first kappa shape index (κ1) is 25.6. The number of likely N-dealkylation sites (N-methyl/N-ethyl adjacent to an activating group) is 1. The second-order valence-electron chi connectivity index (χ2n) is 10.8. The van der Waals surface area contributed by atoms with E-state index in [1.54, 1.807) is 16.9 Å². The lowest BCUT2D eigenvalue weighted by Crippen LogP contribution is -2.49. The van der Waals surface area contributed by atoms with Crippen LogP contribution in [0.15, 0.2) is 24.4 Å². The van der Waals surface area contributed by atoms with Gasteiger partial charge in [0.25, 0.3) is 0 Å². The van der Waals surface area contributed by atoms with Gasteiger partial charge in [0.2, 0.25) is 5.95 Å². The Morgan fingerprint density at radius 1 is 0.892 bits per heavy atom. The maximum atomic E-state index is 15.3. The summed E-state index contributed by atoms with van der Waals surface area (Å²) in [6, 6.07) is 6.25. The van der Waals surface area contributed by atoms with E-state index in [1.807, 2.05) is 33.0 Å². The van der Waals surface area contributed by atoms with Crippen LogP contribution in [0.1, 0.15) is 54.0 Å². The Balaban J connectivity index is 1.26. The van der Waals surface area contributed by atoms with Gasteiger partial charge in [0.05, 0.1) is 11.4 Å². The Bertz CT molecular complexity index is 1240. The molecule has 5 rings (SSSR count). The third-order valence-electron chi connectivity index (χ3n) is 8.01. The normalized spacial score (nSPS) is 21.2. The van der Waals surface area contributed by atoms with Crippen molar-refractivity contribution in [3.05, 3.63) is 52.6 Å². The number of halogens is 1. The molecule has 37 heavy (non-hydrogen) atoms. The summed E-state index contributed by atoms with van der Waals surface area (Å²) in [6.07, 6.45) is 6.36. The molecule has 2 aliphatic rings. The van der Waals surface area contributed by atoms with Crippen molar-refractivity contribution in [1.82, 2.24) is 29.5 Å². The highest BCUT2D eigenvalue weighted by Crippen LogP contribution is 2.38. The number of rotatable bonds is 6. The number of benzene rings is 1. The molecule has 2 aromatic heterocycles. The molecular weight excluding hydrogens is 467 g/mol. The molecule has 1 aliphatic heterocycles. The maximum Gasteiger partial charge on any atom is 0.229 e. The van der Waals surface area contributed by atoms with Gasteiger partial charge in [-0.3, -0.25) is 9.58 Å². The van der Waals surface area contributed by atoms with Gasteiger partial charge >= 0.3 is 0 Å². The van der Waals surface area contributed by atoms with Crippen LogP contribution in [0.25, 0.3) is 0 Å². The molecular formula is C28H39FN8. The van der Waals surface area contributed by atoms with E-state index in [4.69, 9.17) is 0 Å². The second kappa shape index (κ2) is 10.8. The van der Waals surface area contributed by atoms with Gasteiger partial charge in [-0.2, -0.15) is 10.1 Å². The molecule has 3 aromatic rings. The number of aromatic nitrogens is 4. The lowest BCUT2D eigenvalue weighted by Gasteiger charge is -2.41. The van der Waals surface area contributed by atoms with Crippen molar-refractivity contribution in [3.63, 3.8) is 0 Å². The third-order valence-corrected chi connectivity index (χ3v) is 8.01. The van der Waals surface area contributed by atoms with E-state index in [2.05, 4.69) is 49.5 Å². The second-order valence-corrected chi connectivity index (χ2v) is 10.8. The molecule has 0 atom stereocenters. The third kappa shape index (κ3) is 5.78. The summed E-state index contributed by atoms with van der Waals surface area (Å²) in [5.41, 5.74) is 4.46. The van der Waals surface area contributed by atoms with Crippen molar-refractivity contribution in [3.8, 4) is 0 Å². The molecule has 2 fully saturated rings. The van der Waals surface area contributed by atoms with Crippen molar-refractivity contribution in [2.75, 3.05) is 43.9 Å². The van der Waals surface area contributed by atoms with Crippen molar-refractivity contribution in [2.24, 2.45) is 7.05 Å². The summed E-state index contributed by atoms with van der Waals surface area (Å²) in [5, 5.41) is 10.8.